The van der Waals surface area contributed by atoms with Crippen LogP contribution in [0.1, 0.15) is 43.2 Å². The van der Waals surface area contributed by atoms with Crippen molar-refractivity contribution in [3.05, 3.63) is 59.7 Å². The molecule has 2 aromatic rings. The summed E-state index contributed by atoms with van der Waals surface area (Å²) in [5.41, 5.74) is 4.65. The fourth-order valence-corrected chi connectivity index (χ4v) is 5.78. The average Bonchev–Trinajstić information content (AvgIpc) is 3.44. The summed E-state index contributed by atoms with van der Waals surface area (Å²) in [5, 5.41) is 12.5. The van der Waals surface area contributed by atoms with Crippen LogP contribution >= 0.6 is 0 Å². The third-order valence-electron chi connectivity index (χ3n) is 7.48. The number of carbonyl (C=O) groups is 3. The Morgan fingerprint density at radius 1 is 1.06 bits per heavy atom. The van der Waals surface area contributed by atoms with Crippen molar-refractivity contribution in [1.82, 2.24) is 10.2 Å². The monoisotopic (exact) mass is 478 g/mol. The van der Waals surface area contributed by atoms with E-state index in [0.717, 1.165) is 11.1 Å². The van der Waals surface area contributed by atoms with E-state index in [1.807, 2.05) is 24.3 Å². The molecule has 4 atom stereocenters. The largest absolute Gasteiger partial charge is 0.480 e. The number of rotatable bonds is 5. The van der Waals surface area contributed by atoms with E-state index in [1.54, 1.807) is 6.92 Å². The summed E-state index contributed by atoms with van der Waals surface area (Å²) in [6.07, 6.45) is 0.680. The van der Waals surface area contributed by atoms with Crippen LogP contribution in [0.3, 0.4) is 0 Å². The molecule has 2 amide bonds. The van der Waals surface area contributed by atoms with Crippen molar-refractivity contribution in [1.29, 1.82) is 0 Å². The normalized spacial score (nSPS) is 25.6. The molecular formula is C27H30N2O6. The van der Waals surface area contributed by atoms with E-state index in [2.05, 4.69) is 29.6 Å². The van der Waals surface area contributed by atoms with E-state index in [4.69, 9.17) is 9.47 Å². The van der Waals surface area contributed by atoms with Crippen molar-refractivity contribution in [2.75, 3.05) is 19.8 Å². The van der Waals surface area contributed by atoms with Gasteiger partial charge in [-0.05, 0) is 48.4 Å². The molecule has 1 heterocycles. The summed E-state index contributed by atoms with van der Waals surface area (Å²) >= 11 is 0. The summed E-state index contributed by atoms with van der Waals surface area (Å²) < 4.78 is 11.1. The van der Waals surface area contributed by atoms with Crippen LogP contribution in [0.15, 0.2) is 48.5 Å². The molecule has 2 fully saturated rings. The van der Waals surface area contributed by atoms with Crippen LogP contribution in [0.2, 0.25) is 0 Å². The second kappa shape index (κ2) is 9.70. The quantitative estimate of drug-likeness (QED) is 0.683. The molecule has 3 aliphatic rings. The number of nitrogens with zero attached hydrogens (tertiary/aromatic N) is 1. The second-order valence-corrected chi connectivity index (χ2v) is 9.57. The van der Waals surface area contributed by atoms with Gasteiger partial charge in [0, 0.05) is 24.4 Å². The van der Waals surface area contributed by atoms with Crippen molar-refractivity contribution in [2.24, 2.45) is 5.92 Å². The molecule has 1 aliphatic heterocycles. The summed E-state index contributed by atoms with van der Waals surface area (Å²) in [7, 11) is 0. The van der Waals surface area contributed by atoms with Crippen LogP contribution in [-0.4, -0.2) is 65.9 Å². The fourth-order valence-electron chi connectivity index (χ4n) is 5.78. The first-order valence-electron chi connectivity index (χ1n) is 12.2. The van der Waals surface area contributed by atoms with Gasteiger partial charge in [0.2, 0.25) is 5.91 Å². The molecule has 184 valence electrons. The Morgan fingerprint density at radius 2 is 1.71 bits per heavy atom. The Hall–Kier alpha value is -3.39. The minimum Gasteiger partial charge on any atom is -0.480 e. The maximum absolute atomic E-state index is 13.1. The van der Waals surface area contributed by atoms with Gasteiger partial charge in [-0.3, -0.25) is 4.79 Å². The van der Waals surface area contributed by atoms with Crippen LogP contribution < -0.4 is 5.32 Å². The van der Waals surface area contributed by atoms with Crippen LogP contribution in [-0.2, 0) is 19.1 Å². The summed E-state index contributed by atoms with van der Waals surface area (Å²) in [4.78, 5) is 38.8. The van der Waals surface area contributed by atoms with Crippen molar-refractivity contribution < 1.29 is 29.0 Å². The Labute approximate surface area is 204 Å². The highest BCUT2D eigenvalue weighted by atomic mass is 16.5. The molecule has 8 heteroatoms. The number of carbonyl (C=O) groups excluding carboxylic acids is 2. The Kier molecular flexibility index (Phi) is 6.47. The molecular weight excluding hydrogens is 448 g/mol. The first-order valence-corrected chi connectivity index (χ1v) is 12.2. The van der Waals surface area contributed by atoms with Gasteiger partial charge in [-0.2, -0.15) is 0 Å². The number of benzene rings is 2. The van der Waals surface area contributed by atoms with E-state index in [0.29, 0.717) is 25.9 Å². The van der Waals surface area contributed by atoms with Crippen LogP contribution in [0.25, 0.3) is 11.1 Å². The Balaban J connectivity index is 1.16. The predicted molar refractivity (Wildman–Crippen MR) is 128 cm³/mol. The predicted octanol–water partition coefficient (Wildman–Crippen LogP) is 3.39. The van der Waals surface area contributed by atoms with Crippen molar-refractivity contribution >= 4 is 18.0 Å². The lowest BCUT2D eigenvalue weighted by atomic mass is 9.98. The molecule has 0 radical (unpaired) electrons. The van der Waals surface area contributed by atoms with E-state index in [9.17, 15) is 19.5 Å². The van der Waals surface area contributed by atoms with Gasteiger partial charge in [0.25, 0.3) is 0 Å². The van der Waals surface area contributed by atoms with Crippen molar-refractivity contribution in [2.45, 2.75) is 50.3 Å². The van der Waals surface area contributed by atoms with Gasteiger partial charge in [-0.25, -0.2) is 9.59 Å². The van der Waals surface area contributed by atoms with Gasteiger partial charge < -0.3 is 24.8 Å². The Bertz CT molecular complexity index is 1090. The number of nitrogens with one attached hydrogen (secondary N) is 1. The van der Waals surface area contributed by atoms with Crippen molar-refractivity contribution in [3.8, 4) is 11.1 Å². The maximum atomic E-state index is 13.1. The molecule has 2 N–H and O–H groups in total. The lowest BCUT2D eigenvalue weighted by Crippen LogP contribution is -2.57. The minimum atomic E-state index is -1.06. The van der Waals surface area contributed by atoms with Crippen molar-refractivity contribution in [3.63, 3.8) is 0 Å². The molecule has 1 saturated carbocycles. The average molecular weight is 479 g/mol. The molecule has 0 bridgehead atoms. The number of fused-ring (bicyclic) bond motifs is 3. The van der Waals surface area contributed by atoms with Gasteiger partial charge in [0.05, 0.1) is 12.7 Å². The molecule has 2 unspecified atom stereocenters. The summed E-state index contributed by atoms with van der Waals surface area (Å²) in [6.45, 7) is 2.50. The van der Waals surface area contributed by atoms with E-state index >= 15 is 0 Å². The highest BCUT2D eigenvalue weighted by molar-refractivity contribution is 5.86. The highest BCUT2D eigenvalue weighted by Gasteiger charge is 2.42. The smallest absolute Gasteiger partial charge is 0.407 e. The molecule has 0 aromatic heterocycles. The third kappa shape index (κ3) is 4.50. The number of carboxylic acid groups (broad SMARTS) is 1. The number of ether oxygens (including phenoxy) is 2. The SMILES string of the molecule is CC1OCCN(C(=O)[C@@H]2CC[C@H](NC(=O)OCC3c4ccccc4-c4ccccc43)C2)C1C(=O)O. The van der Waals surface area contributed by atoms with Crippen LogP contribution in [0.4, 0.5) is 4.79 Å². The lowest BCUT2D eigenvalue weighted by molar-refractivity contribution is -0.166. The summed E-state index contributed by atoms with van der Waals surface area (Å²) in [5.74, 6) is -1.57. The first kappa shape index (κ1) is 23.4. The molecule has 5 rings (SSSR count). The number of aliphatic carboxylic acids is 1. The number of carboxylic acids is 1. The molecule has 8 nitrogen and oxygen atoms in total. The number of hydrogen-bond donors (Lipinski definition) is 2. The standard InChI is InChI=1S/C27H30N2O6/c1-16-24(26(31)32)29(12-13-34-16)25(30)17-10-11-18(14-17)28-27(33)35-15-23-21-8-4-2-6-19(21)20-7-3-5-9-22(20)23/h2-9,16-18,23-24H,10-15H2,1H3,(H,28,33)(H,31,32)/t16?,17-,18+,24?/m1/s1. The number of alkyl carbamates (subject to hydrolysis) is 1. The van der Waals surface area contributed by atoms with Crippen LogP contribution in [0, 0.1) is 5.92 Å². The zero-order valence-corrected chi connectivity index (χ0v) is 19.7. The second-order valence-electron chi connectivity index (χ2n) is 9.57. The number of amides is 2. The zero-order valence-electron chi connectivity index (χ0n) is 19.7. The lowest BCUT2D eigenvalue weighted by Gasteiger charge is -2.38. The molecule has 1 saturated heterocycles. The van der Waals surface area contributed by atoms with E-state index < -0.39 is 24.2 Å². The Morgan fingerprint density at radius 3 is 2.37 bits per heavy atom. The number of hydrogen-bond acceptors (Lipinski definition) is 5. The summed E-state index contributed by atoms with van der Waals surface area (Å²) in [6, 6.07) is 15.2. The zero-order chi connectivity index (χ0) is 24.5. The van der Waals surface area contributed by atoms with Gasteiger partial charge in [0.15, 0.2) is 6.04 Å². The van der Waals surface area contributed by atoms with E-state index in [1.165, 1.54) is 16.0 Å². The van der Waals surface area contributed by atoms with Gasteiger partial charge in [-0.15, -0.1) is 0 Å². The topological polar surface area (TPSA) is 105 Å². The molecule has 35 heavy (non-hydrogen) atoms. The van der Waals surface area contributed by atoms with Gasteiger partial charge in [0.1, 0.15) is 6.61 Å². The molecule has 2 aromatic carbocycles. The van der Waals surface area contributed by atoms with Gasteiger partial charge in [-0.1, -0.05) is 48.5 Å². The highest BCUT2D eigenvalue weighted by Crippen LogP contribution is 2.44. The first-order chi connectivity index (χ1) is 16.9. The van der Waals surface area contributed by atoms with E-state index in [-0.39, 0.29) is 36.9 Å². The van der Waals surface area contributed by atoms with Gasteiger partial charge >= 0.3 is 12.1 Å². The van der Waals surface area contributed by atoms with Crippen LogP contribution in [0.5, 0.6) is 0 Å². The number of morpholine rings is 1. The molecule has 2 aliphatic carbocycles. The molecule has 0 spiro atoms. The third-order valence-corrected chi connectivity index (χ3v) is 7.48. The minimum absolute atomic E-state index is 0.0117. The fraction of sp³-hybridized carbons (Fsp3) is 0.444. The maximum Gasteiger partial charge on any atom is 0.407 e.